The molecule has 0 aliphatic heterocycles. The molecule has 80 valence electrons. The van der Waals surface area contributed by atoms with Gasteiger partial charge >= 0.3 is 0 Å². The van der Waals surface area contributed by atoms with E-state index in [-0.39, 0.29) is 36.2 Å². The topological polar surface area (TPSA) is 24.7 Å². The van der Waals surface area contributed by atoms with E-state index in [4.69, 9.17) is 0 Å². The molecule has 0 spiro atoms. The molecule has 0 saturated heterocycles. The second kappa shape index (κ2) is 7.56. The lowest BCUT2D eigenvalue weighted by molar-refractivity contribution is -0.896. The van der Waals surface area contributed by atoms with E-state index in [0.717, 1.165) is 0 Å². The zero-order valence-electron chi connectivity index (χ0n) is 8.69. The minimum Gasteiger partial charge on any atom is -1.00 e. The van der Waals surface area contributed by atoms with Crippen LogP contribution in [-0.2, 0) is 0 Å². The van der Waals surface area contributed by atoms with E-state index in [2.05, 4.69) is 44.7 Å². The van der Waals surface area contributed by atoms with Crippen molar-refractivity contribution < 1.29 is 28.5 Å². The van der Waals surface area contributed by atoms with E-state index in [1.807, 2.05) is 28.1 Å². The summed E-state index contributed by atoms with van der Waals surface area (Å²) < 4.78 is 0.644. The molecule has 0 amide bonds. The van der Waals surface area contributed by atoms with Gasteiger partial charge in [0.15, 0.2) is 0 Å². The van der Waals surface area contributed by atoms with E-state index in [1.165, 1.54) is 0 Å². The summed E-state index contributed by atoms with van der Waals surface area (Å²) in [5.41, 5.74) is 0. The number of hydrogen-bond acceptors (Lipinski definition) is 4. The number of aliphatic imine (C=N–C) groups is 2. The molecular formula is C8H14IN3S2. The van der Waals surface area contributed by atoms with E-state index < -0.39 is 0 Å². The van der Waals surface area contributed by atoms with Crippen LogP contribution in [0, 0.1) is 0 Å². The maximum Gasteiger partial charge on any atom is 0.214 e. The highest BCUT2D eigenvalue weighted by Crippen LogP contribution is 2.11. The summed E-state index contributed by atoms with van der Waals surface area (Å²) in [7, 11) is 6.07. The molecule has 0 bridgehead atoms. The first kappa shape index (κ1) is 16.7. The Bertz CT molecular complexity index is 262. The Morgan fingerprint density at radius 3 is 1.79 bits per heavy atom. The molecule has 2 atom stereocenters. The monoisotopic (exact) mass is 343 g/mol. The second-order valence-corrected chi connectivity index (χ2v) is 4.08. The molecule has 0 radical (unpaired) electrons. The van der Waals surface area contributed by atoms with Crippen LogP contribution in [-0.4, -0.2) is 48.2 Å². The summed E-state index contributed by atoms with van der Waals surface area (Å²) in [6.07, 6.45) is -0.0482. The number of halogens is 1. The van der Waals surface area contributed by atoms with Gasteiger partial charge in [0.05, 0.1) is 31.5 Å². The number of thiocarbonyl (C=S) groups is 2. The normalized spacial score (nSPS) is 14.0. The van der Waals surface area contributed by atoms with Gasteiger partial charge < -0.3 is 28.5 Å². The molecule has 0 aromatic heterocycles. The molecule has 0 aliphatic carbocycles. The molecule has 0 fully saturated rings. The molecule has 0 aromatic carbocycles. The lowest BCUT2D eigenvalue weighted by atomic mass is 10.2. The maximum atomic E-state index is 4.59. The fourth-order valence-corrected chi connectivity index (χ4v) is 1.41. The van der Waals surface area contributed by atoms with E-state index in [0.29, 0.717) is 4.48 Å². The molecule has 0 heterocycles. The number of nitrogens with zero attached hydrogens (tertiary/aromatic N) is 3. The third-order valence-electron chi connectivity index (χ3n) is 1.67. The van der Waals surface area contributed by atoms with E-state index >= 15 is 0 Å². The molecular weight excluding hydrogens is 329 g/mol. The zero-order chi connectivity index (χ0) is 10.5. The van der Waals surface area contributed by atoms with Gasteiger partial charge in [0.2, 0.25) is 6.17 Å². The molecule has 14 heavy (non-hydrogen) atoms. The highest BCUT2D eigenvalue weighted by Gasteiger charge is 2.28. The minimum atomic E-state index is -0.0482. The second-order valence-electron chi connectivity index (χ2n) is 3.71. The van der Waals surface area contributed by atoms with Gasteiger partial charge in [0.1, 0.15) is 6.04 Å². The predicted molar refractivity (Wildman–Crippen MR) is 61.3 cm³/mol. The van der Waals surface area contributed by atoms with Gasteiger partial charge in [-0.15, -0.1) is 0 Å². The van der Waals surface area contributed by atoms with Gasteiger partial charge in [-0.2, -0.15) is 4.99 Å². The van der Waals surface area contributed by atoms with Crippen LogP contribution in [0.1, 0.15) is 6.92 Å². The molecule has 6 heteroatoms. The summed E-state index contributed by atoms with van der Waals surface area (Å²) >= 11 is 9.13. The Morgan fingerprint density at radius 1 is 1.07 bits per heavy atom. The van der Waals surface area contributed by atoms with Gasteiger partial charge in [-0.1, -0.05) is 0 Å². The molecule has 0 aliphatic rings. The van der Waals surface area contributed by atoms with Crippen LogP contribution in [0.15, 0.2) is 9.98 Å². The predicted octanol–water partition coefficient (Wildman–Crippen LogP) is -1.38. The molecule has 0 N–H and O–H groups in total. The molecule has 0 saturated carbocycles. The van der Waals surface area contributed by atoms with Crippen molar-refractivity contribution in [3.63, 3.8) is 0 Å². The molecule has 2 unspecified atom stereocenters. The summed E-state index contributed by atoms with van der Waals surface area (Å²) in [5.74, 6) is 0. The van der Waals surface area contributed by atoms with Crippen molar-refractivity contribution in [2.24, 2.45) is 9.98 Å². The van der Waals surface area contributed by atoms with Gasteiger partial charge in [-0.3, -0.25) is 0 Å². The van der Waals surface area contributed by atoms with Gasteiger partial charge in [0.25, 0.3) is 0 Å². The summed E-state index contributed by atoms with van der Waals surface area (Å²) in [5, 5.41) is 4.74. The number of isothiocyanates is 2. The average Bonchev–Trinajstić information content (AvgIpc) is 1.98. The van der Waals surface area contributed by atoms with Crippen molar-refractivity contribution >= 4 is 34.8 Å². The highest BCUT2D eigenvalue weighted by molar-refractivity contribution is 7.78. The molecule has 0 aromatic rings. The Labute approximate surface area is 113 Å². The Morgan fingerprint density at radius 2 is 1.50 bits per heavy atom. The van der Waals surface area contributed by atoms with Crippen LogP contribution in [0.25, 0.3) is 0 Å². The lowest BCUT2D eigenvalue weighted by Crippen LogP contribution is -3.00. The quantitative estimate of drug-likeness (QED) is 0.272. The van der Waals surface area contributed by atoms with Gasteiger partial charge in [0, 0.05) is 0 Å². The first-order valence-corrected chi connectivity index (χ1v) is 4.70. The SMILES string of the molecule is CC(N=C=S)C(N=C=S)[N+](C)(C)C.[I-]. The fraction of sp³-hybridized carbons (Fsp3) is 0.750. The third kappa shape index (κ3) is 5.90. The standard InChI is InChI=1S/C8H14N3S2.HI/c1-7(9-5-12)8(10-6-13)11(2,3)4;/h7-8H,1-4H3;1H/q+1;/p-1. The van der Waals surface area contributed by atoms with Crippen LogP contribution in [0.2, 0.25) is 0 Å². The molecule has 3 nitrogen and oxygen atoms in total. The highest BCUT2D eigenvalue weighted by atomic mass is 127. The number of rotatable bonds is 4. The number of likely N-dealkylation sites (N-methyl/N-ethyl adjacent to an activating group) is 1. The Hall–Kier alpha value is 0.290. The summed E-state index contributed by atoms with van der Waals surface area (Å²) in [4.78, 5) is 8.05. The number of quaternary nitrogens is 1. The summed E-state index contributed by atoms with van der Waals surface area (Å²) in [6.45, 7) is 1.93. The van der Waals surface area contributed by atoms with Crippen LogP contribution in [0.3, 0.4) is 0 Å². The van der Waals surface area contributed by atoms with Gasteiger partial charge in [-0.05, 0) is 31.4 Å². The summed E-state index contributed by atoms with van der Waals surface area (Å²) in [6, 6.07) is -0.0204. The van der Waals surface area contributed by atoms with Crippen molar-refractivity contribution in [1.29, 1.82) is 0 Å². The first-order valence-electron chi connectivity index (χ1n) is 3.88. The lowest BCUT2D eigenvalue weighted by Gasteiger charge is -2.32. The van der Waals surface area contributed by atoms with Crippen LogP contribution in [0.4, 0.5) is 0 Å². The van der Waals surface area contributed by atoms with Crippen molar-refractivity contribution in [2.45, 2.75) is 19.1 Å². The van der Waals surface area contributed by atoms with Crippen molar-refractivity contribution in [2.75, 3.05) is 21.1 Å². The van der Waals surface area contributed by atoms with Crippen LogP contribution < -0.4 is 24.0 Å². The smallest absolute Gasteiger partial charge is 0.214 e. The van der Waals surface area contributed by atoms with E-state index in [9.17, 15) is 0 Å². The maximum absolute atomic E-state index is 4.59. The largest absolute Gasteiger partial charge is 1.00 e. The van der Waals surface area contributed by atoms with Crippen molar-refractivity contribution in [3.05, 3.63) is 0 Å². The minimum absolute atomic E-state index is 0. The number of hydrogen-bond donors (Lipinski definition) is 0. The molecule has 0 rings (SSSR count). The van der Waals surface area contributed by atoms with Crippen molar-refractivity contribution in [1.82, 2.24) is 0 Å². The Kier molecular flexibility index (Phi) is 9.03. The fourth-order valence-electron chi connectivity index (χ4n) is 1.13. The van der Waals surface area contributed by atoms with Crippen LogP contribution in [0.5, 0.6) is 0 Å². The zero-order valence-corrected chi connectivity index (χ0v) is 12.5. The van der Waals surface area contributed by atoms with E-state index in [1.54, 1.807) is 0 Å². The Balaban J connectivity index is 0. The van der Waals surface area contributed by atoms with Crippen molar-refractivity contribution in [3.8, 4) is 0 Å². The average molecular weight is 343 g/mol. The first-order chi connectivity index (χ1) is 5.93. The van der Waals surface area contributed by atoms with Crippen LogP contribution >= 0.6 is 24.4 Å². The third-order valence-corrected chi connectivity index (χ3v) is 1.88. The van der Waals surface area contributed by atoms with Gasteiger partial charge in [-0.25, -0.2) is 4.99 Å².